The molecule has 1 aliphatic rings. The maximum atomic E-state index is 11.7. The van der Waals surface area contributed by atoms with Crippen LogP contribution in [0.5, 0.6) is 0 Å². The minimum Gasteiger partial charge on any atom is -0.552 e. The number of hydrogen-bond acceptors (Lipinski definition) is 7. The van der Waals surface area contributed by atoms with Crippen LogP contribution in [0.15, 0.2) is 10.7 Å². The van der Waals surface area contributed by atoms with Crippen molar-refractivity contribution in [3.63, 3.8) is 0 Å². The summed E-state index contributed by atoms with van der Waals surface area (Å²) in [5.41, 5.74) is -0.510. The summed E-state index contributed by atoms with van der Waals surface area (Å²) in [6, 6.07) is 0. The van der Waals surface area contributed by atoms with Gasteiger partial charge in [-0.25, -0.2) is 8.42 Å². The highest BCUT2D eigenvalue weighted by molar-refractivity contribution is 7.88. The van der Waals surface area contributed by atoms with Crippen molar-refractivity contribution in [2.24, 2.45) is 0 Å². The Morgan fingerprint density at radius 2 is 2.22 bits per heavy atom. The molecule has 0 unspecified atom stereocenters. The van der Waals surface area contributed by atoms with Crippen LogP contribution in [0.25, 0.3) is 5.32 Å². The third-order valence-electron chi connectivity index (χ3n) is 3.45. The first-order valence-corrected chi connectivity index (χ1v) is 8.98. The normalized spacial score (nSPS) is 18.7. The maximum absolute atomic E-state index is 11.7. The molecule has 0 atom stereocenters. The average molecular weight is 347 g/mol. The molecule has 0 bridgehead atoms. The van der Waals surface area contributed by atoms with E-state index in [1.54, 1.807) is 6.92 Å². The summed E-state index contributed by atoms with van der Waals surface area (Å²) in [6.45, 7) is 6.77. The van der Waals surface area contributed by atoms with Crippen molar-refractivity contribution in [2.75, 3.05) is 37.5 Å². The molecule has 1 aliphatic heterocycles. The van der Waals surface area contributed by atoms with Gasteiger partial charge in [-0.1, -0.05) is 0 Å². The zero-order chi connectivity index (χ0) is 17.3. The smallest absolute Gasteiger partial charge is 0.257 e. The highest BCUT2D eigenvalue weighted by Crippen LogP contribution is 2.20. The van der Waals surface area contributed by atoms with Crippen molar-refractivity contribution >= 4 is 22.0 Å². The molecule has 0 spiro atoms. The Morgan fingerprint density at radius 3 is 2.78 bits per heavy atom. The molecule has 0 radical (unpaired) electrons. The molecule has 0 aromatic carbocycles. The van der Waals surface area contributed by atoms with Crippen LogP contribution in [0.4, 0.5) is 10.7 Å². The van der Waals surface area contributed by atoms with Crippen molar-refractivity contribution in [3.05, 3.63) is 11.5 Å². The van der Waals surface area contributed by atoms with Gasteiger partial charge < -0.3 is 14.6 Å². The summed E-state index contributed by atoms with van der Waals surface area (Å²) < 4.78 is 34.5. The molecule has 0 N–H and O–H groups in total. The summed E-state index contributed by atoms with van der Waals surface area (Å²) in [5.74, 6) is 0.0183. The molecule has 130 valence electrons. The molecule has 10 nitrogen and oxygen atoms in total. The molecule has 1 saturated heterocycles. The second-order valence-electron chi connectivity index (χ2n) is 5.80. The van der Waals surface area contributed by atoms with Gasteiger partial charge in [-0.05, 0) is 20.8 Å². The van der Waals surface area contributed by atoms with Crippen molar-refractivity contribution in [3.8, 4) is 0 Å². The molecule has 0 aliphatic carbocycles. The Morgan fingerprint density at radius 1 is 1.52 bits per heavy atom. The molecule has 0 saturated carbocycles. The van der Waals surface area contributed by atoms with Gasteiger partial charge in [-0.2, -0.15) is 4.31 Å². The lowest BCUT2D eigenvalue weighted by molar-refractivity contribution is -0.766. The molecule has 1 fully saturated rings. The molecule has 1 aromatic rings. The number of carbonyl (C=O) groups is 1. The molecule has 2 rings (SSSR count). The number of ether oxygens (including phenoxy) is 1. The second kappa shape index (κ2) is 6.32. The number of amides is 1. The Hall–Kier alpha value is -1.88. The first kappa shape index (κ1) is 17.5. The zero-order valence-corrected chi connectivity index (χ0v) is 14.4. The van der Waals surface area contributed by atoms with Crippen LogP contribution >= 0.6 is 0 Å². The fraction of sp³-hybridized carbons (Fsp3) is 0.750. The Kier molecular flexibility index (Phi) is 4.80. The average Bonchev–Trinajstić information content (AvgIpc) is 2.84. The van der Waals surface area contributed by atoms with Crippen LogP contribution in [0.2, 0.25) is 0 Å². The summed E-state index contributed by atoms with van der Waals surface area (Å²) in [6.07, 6.45) is 1.89. The summed E-state index contributed by atoms with van der Waals surface area (Å²) in [7, 11) is -3.25. The molecule has 1 aromatic heterocycles. The quantitative estimate of drug-likeness (QED) is 0.711. The van der Waals surface area contributed by atoms with Gasteiger partial charge in [0.15, 0.2) is 0 Å². The van der Waals surface area contributed by atoms with E-state index < -0.39 is 21.7 Å². The van der Waals surface area contributed by atoms with E-state index in [4.69, 9.17) is 9.26 Å². The van der Waals surface area contributed by atoms with Crippen molar-refractivity contribution < 1.29 is 27.3 Å². The van der Waals surface area contributed by atoms with Crippen LogP contribution in [-0.4, -0.2) is 62.1 Å². The van der Waals surface area contributed by atoms with Gasteiger partial charge >= 0.3 is 0 Å². The van der Waals surface area contributed by atoms with Gasteiger partial charge in [0.2, 0.25) is 21.4 Å². The van der Waals surface area contributed by atoms with Crippen LogP contribution in [0.3, 0.4) is 0 Å². The Labute approximate surface area is 135 Å². The molecule has 23 heavy (non-hydrogen) atoms. The van der Waals surface area contributed by atoms with Crippen LogP contribution in [0.1, 0.15) is 20.8 Å². The van der Waals surface area contributed by atoms with Gasteiger partial charge in [0, 0.05) is 13.1 Å². The SMILES string of the molecule is CCOC(=O)[N-]c1c[n+](N2CCN(S(C)(=O)=O)CC2(C)C)no1. The van der Waals surface area contributed by atoms with E-state index in [1.807, 2.05) is 18.9 Å². The van der Waals surface area contributed by atoms with Gasteiger partial charge in [0.1, 0.15) is 11.4 Å². The lowest BCUT2D eigenvalue weighted by Gasteiger charge is -2.40. The van der Waals surface area contributed by atoms with Gasteiger partial charge in [0.25, 0.3) is 6.20 Å². The third kappa shape index (κ3) is 4.10. The Bertz CT molecular complexity index is 671. The number of sulfonamides is 1. The van der Waals surface area contributed by atoms with Gasteiger partial charge in [-0.3, -0.25) is 4.79 Å². The highest BCUT2D eigenvalue weighted by Gasteiger charge is 2.43. The number of carbonyl (C=O) groups excluding carboxylic acids is 1. The lowest BCUT2D eigenvalue weighted by atomic mass is 10.0. The van der Waals surface area contributed by atoms with Crippen LogP contribution in [-0.2, 0) is 14.8 Å². The topological polar surface area (TPSA) is 111 Å². The van der Waals surface area contributed by atoms with E-state index in [0.717, 1.165) is 0 Å². The summed E-state index contributed by atoms with van der Waals surface area (Å²) >= 11 is 0. The fourth-order valence-electron chi connectivity index (χ4n) is 2.40. The van der Waals surface area contributed by atoms with Crippen molar-refractivity contribution in [1.29, 1.82) is 0 Å². The number of nitrogens with zero attached hydrogens (tertiary/aromatic N) is 5. The van der Waals surface area contributed by atoms with Gasteiger partial charge in [-0.15, -0.1) is 5.01 Å². The second-order valence-corrected chi connectivity index (χ2v) is 7.79. The number of piperazine rings is 1. The molecule has 2 heterocycles. The predicted octanol–water partition coefficient (Wildman–Crippen LogP) is 0.116. The van der Waals surface area contributed by atoms with E-state index in [2.05, 4.69) is 10.6 Å². The Balaban J connectivity index is 2.11. The van der Waals surface area contributed by atoms with E-state index in [1.165, 1.54) is 21.5 Å². The first-order valence-electron chi connectivity index (χ1n) is 7.13. The number of aromatic nitrogens is 2. The van der Waals surface area contributed by atoms with Crippen LogP contribution in [0, 0.1) is 0 Å². The third-order valence-corrected chi connectivity index (χ3v) is 4.70. The minimum atomic E-state index is -3.25. The first-order chi connectivity index (χ1) is 10.6. The van der Waals surface area contributed by atoms with E-state index in [0.29, 0.717) is 19.6 Å². The van der Waals surface area contributed by atoms with E-state index >= 15 is 0 Å². The fourth-order valence-corrected chi connectivity index (χ4v) is 3.37. The monoisotopic (exact) mass is 347 g/mol. The number of rotatable bonds is 4. The van der Waals surface area contributed by atoms with Crippen LogP contribution < -0.4 is 9.80 Å². The highest BCUT2D eigenvalue weighted by atomic mass is 32.2. The molecular formula is C12H21N5O5S. The van der Waals surface area contributed by atoms with Crippen molar-refractivity contribution in [2.45, 2.75) is 26.3 Å². The largest absolute Gasteiger partial charge is 0.552 e. The van der Waals surface area contributed by atoms with Crippen molar-refractivity contribution in [1.82, 2.24) is 9.58 Å². The summed E-state index contributed by atoms with van der Waals surface area (Å²) in [4.78, 5) is 12.7. The zero-order valence-electron chi connectivity index (χ0n) is 13.6. The number of hydrogen-bond donors (Lipinski definition) is 0. The van der Waals surface area contributed by atoms with E-state index in [9.17, 15) is 13.2 Å². The maximum Gasteiger partial charge on any atom is 0.257 e. The molecule has 1 amide bonds. The summed E-state index contributed by atoms with van der Waals surface area (Å²) in [5, 5.41) is 9.31. The molecule has 11 heteroatoms. The van der Waals surface area contributed by atoms with Gasteiger partial charge in [0.05, 0.1) is 24.2 Å². The lowest BCUT2D eigenvalue weighted by Crippen LogP contribution is -2.74. The van der Waals surface area contributed by atoms with E-state index in [-0.39, 0.29) is 12.5 Å². The standard InChI is InChI=1S/C12H21N5O5S/c1-5-21-11(18)13-10-8-17(14-22-10)16-7-6-15(23(4,19)20)9-12(16,2)3/h8H,5-7,9H2,1-4H3. The molecular weight excluding hydrogens is 326 g/mol. The predicted molar refractivity (Wildman–Crippen MR) is 80.3 cm³/mol. The minimum absolute atomic E-state index is 0.0183.